The molecule has 17 nitrogen and oxygen atoms in total. The van der Waals surface area contributed by atoms with Crippen LogP contribution in [-0.4, -0.2) is 163 Å². The van der Waals surface area contributed by atoms with Gasteiger partial charge in [0.1, 0.15) is 28.7 Å². The fraction of sp³-hybridized carbons (Fsp3) is 0.653. The quantitative estimate of drug-likeness (QED) is 0.118. The molecule has 0 spiro atoms. The lowest BCUT2D eigenvalue weighted by atomic mass is 9.88. The molecule has 5 aliphatic heterocycles. The number of carbonyl (C=O) groups is 5. The van der Waals surface area contributed by atoms with Gasteiger partial charge in [0.15, 0.2) is 17.3 Å². The summed E-state index contributed by atoms with van der Waals surface area (Å²) in [7, 11) is 8.33. The van der Waals surface area contributed by atoms with Crippen molar-refractivity contribution >= 4 is 56.8 Å². The normalized spacial score (nSPS) is 26.6. The summed E-state index contributed by atoms with van der Waals surface area (Å²) in [6, 6.07) is 22.1. The first-order valence-corrected chi connectivity index (χ1v) is 35.7. The Labute approximate surface area is 575 Å². The molecule has 11 rings (SSSR count). The molecule has 520 valence electrons. The van der Waals surface area contributed by atoms with Gasteiger partial charge < -0.3 is 34.4 Å². The average molecular weight is 1390 g/mol. The molecule has 0 aromatic heterocycles. The van der Waals surface area contributed by atoms with Crippen molar-refractivity contribution in [1.82, 2.24) is 24.9 Å². The first-order valence-electron chi connectivity index (χ1n) is 34.9. The summed E-state index contributed by atoms with van der Waals surface area (Å²) in [5, 5.41) is 32.4. The van der Waals surface area contributed by atoms with Crippen LogP contribution in [0.2, 0.25) is 0 Å². The number of likely N-dealkylation sites (N-methyl/N-ethyl adjacent to an activating group) is 2. The minimum Gasteiger partial charge on any atom is -0.444 e. The van der Waals surface area contributed by atoms with Gasteiger partial charge in [0.2, 0.25) is 0 Å². The van der Waals surface area contributed by atoms with E-state index in [2.05, 4.69) is 87.2 Å². The number of nitrogens with one attached hydrogen (secondary N) is 1. The van der Waals surface area contributed by atoms with Crippen LogP contribution in [0.3, 0.4) is 0 Å². The SMILES string of the molecule is CC(C)(C)OC(=O)N1[C@@H]2CC[C@@H](C2)[C@H]1C(=O)C[C@H](C#N)Cc1ccc(Br)cc1F.CN(C)C1CCCN(c2ccc(C[C@@H](C#N)CC(=O)[C@@H]3[C@H]4CC[C@H](C4)N3C(=O)OC(C)(C)C)c(F)c2)C1.CN(C)C1CCCN(c2ccc(C[C@@H](C#N)CC(=O)[C@H]3N[C@@H]4CC[C@H]3C4)c(F)c2)C1. The second kappa shape index (κ2) is 32.0. The van der Waals surface area contributed by atoms with Crippen LogP contribution in [0.15, 0.2) is 59.1 Å². The maximum atomic E-state index is 15.1. The number of amides is 2. The molecule has 2 amide bonds. The summed E-state index contributed by atoms with van der Waals surface area (Å²) < 4.78 is 55.9. The predicted octanol–water partition coefficient (Wildman–Crippen LogP) is 12.9. The number of hydrogen-bond acceptors (Lipinski definition) is 15. The summed E-state index contributed by atoms with van der Waals surface area (Å²) in [5.74, 6) is -2.27. The van der Waals surface area contributed by atoms with Gasteiger partial charge in [-0.1, -0.05) is 34.1 Å². The zero-order valence-electron chi connectivity index (χ0n) is 57.9. The highest BCUT2D eigenvalue weighted by molar-refractivity contribution is 9.10. The molecule has 3 aromatic rings. The number of ketones is 3. The molecule has 1 N–H and O–H groups in total. The van der Waals surface area contributed by atoms with E-state index in [0.717, 1.165) is 115 Å². The predicted molar refractivity (Wildman–Crippen MR) is 366 cm³/mol. The largest absolute Gasteiger partial charge is 0.444 e. The van der Waals surface area contributed by atoms with Crippen molar-refractivity contribution in [2.45, 2.75) is 223 Å². The van der Waals surface area contributed by atoms with E-state index in [4.69, 9.17) is 9.47 Å². The van der Waals surface area contributed by atoms with E-state index in [9.17, 15) is 48.5 Å². The van der Waals surface area contributed by atoms with E-state index in [0.29, 0.717) is 45.2 Å². The molecule has 0 radical (unpaired) electrons. The average Bonchev–Trinajstić information content (AvgIpc) is 1.61. The highest BCUT2D eigenvalue weighted by atomic mass is 79.9. The van der Waals surface area contributed by atoms with Crippen molar-refractivity contribution in [2.75, 3.05) is 64.2 Å². The molecule has 6 bridgehead atoms. The number of likely N-dealkylation sites (tertiary alicyclic amines) is 2. The van der Waals surface area contributed by atoms with Gasteiger partial charge in [-0.15, -0.1) is 0 Å². The number of fused-ring (bicyclic) bond motifs is 6. The van der Waals surface area contributed by atoms with Crippen LogP contribution in [0.25, 0.3) is 0 Å². The number of anilines is 2. The van der Waals surface area contributed by atoms with Crippen LogP contribution >= 0.6 is 15.9 Å². The number of ether oxygens (including phenoxy) is 2. The van der Waals surface area contributed by atoms with Crippen molar-refractivity contribution in [1.29, 1.82) is 15.8 Å². The molecule has 14 atom stereocenters. The lowest BCUT2D eigenvalue weighted by molar-refractivity contribution is -0.127. The molecule has 3 aliphatic carbocycles. The van der Waals surface area contributed by atoms with Gasteiger partial charge in [-0.05, 0) is 243 Å². The van der Waals surface area contributed by atoms with Gasteiger partial charge in [-0.3, -0.25) is 24.2 Å². The molecule has 8 aliphatic rings. The van der Waals surface area contributed by atoms with Crippen LogP contribution in [0.4, 0.5) is 34.1 Å². The van der Waals surface area contributed by atoms with E-state index in [1.807, 2.05) is 32.9 Å². The zero-order chi connectivity index (χ0) is 69.5. The molecule has 2 unspecified atom stereocenters. The van der Waals surface area contributed by atoms with E-state index in [1.54, 1.807) is 67.0 Å². The smallest absolute Gasteiger partial charge is 0.411 e. The Hall–Kier alpha value is -6.57. The minimum atomic E-state index is -0.652. The highest BCUT2D eigenvalue weighted by Gasteiger charge is 2.54. The van der Waals surface area contributed by atoms with E-state index in [-0.39, 0.29) is 97.5 Å². The van der Waals surface area contributed by atoms with Crippen LogP contribution < -0.4 is 15.1 Å². The van der Waals surface area contributed by atoms with Crippen LogP contribution in [0.5, 0.6) is 0 Å². The number of hydrogen-bond donors (Lipinski definition) is 1. The number of Topliss-reactive ketones (excluding diaryl/α,β-unsaturated/α-hetero) is 3. The Morgan fingerprint density at radius 3 is 1.30 bits per heavy atom. The van der Waals surface area contributed by atoms with E-state index >= 15 is 4.39 Å². The fourth-order valence-electron chi connectivity index (χ4n) is 16.3. The highest BCUT2D eigenvalue weighted by Crippen LogP contribution is 2.46. The molecule has 5 saturated heterocycles. The number of rotatable bonds is 19. The number of benzene rings is 3. The van der Waals surface area contributed by atoms with Gasteiger partial charge in [-0.2, -0.15) is 15.8 Å². The zero-order valence-corrected chi connectivity index (χ0v) is 59.5. The third kappa shape index (κ3) is 18.6. The van der Waals surface area contributed by atoms with Crippen molar-refractivity contribution in [2.24, 2.45) is 35.5 Å². The molecule has 3 aromatic carbocycles. The van der Waals surface area contributed by atoms with Crippen LogP contribution in [0.1, 0.15) is 161 Å². The lowest BCUT2D eigenvalue weighted by Crippen LogP contribution is -2.51. The molecule has 5 heterocycles. The lowest BCUT2D eigenvalue weighted by Gasteiger charge is -2.37. The molecule has 96 heavy (non-hydrogen) atoms. The Morgan fingerprint density at radius 1 is 0.552 bits per heavy atom. The number of nitrogens with zero attached hydrogens (tertiary/aromatic N) is 9. The fourth-order valence-corrected chi connectivity index (χ4v) is 16.6. The molecule has 3 saturated carbocycles. The monoisotopic (exact) mass is 1390 g/mol. The molecular weight excluding hydrogens is 1290 g/mol. The van der Waals surface area contributed by atoms with Crippen molar-refractivity contribution < 1.29 is 46.6 Å². The van der Waals surface area contributed by atoms with Crippen molar-refractivity contribution in [3.05, 3.63) is 93.2 Å². The number of halogens is 4. The van der Waals surface area contributed by atoms with Gasteiger partial charge in [-0.25, -0.2) is 22.8 Å². The first kappa shape index (κ1) is 73.7. The third-order valence-corrected chi connectivity index (χ3v) is 21.6. The van der Waals surface area contributed by atoms with Crippen molar-refractivity contribution in [3.63, 3.8) is 0 Å². The Bertz CT molecular complexity index is 3410. The maximum absolute atomic E-state index is 15.1. The van der Waals surface area contributed by atoms with E-state index in [1.165, 1.54) is 12.5 Å². The summed E-state index contributed by atoms with van der Waals surface area (Å²) in [6.07, 6.45) is 12.9. The Kier molecular flexibility index (Phi) is 24.5. The Morgan fingerprint density at radius 2 is 0.948 bits per heavy atom. The van der Waals surface area contributed by atoms with Crippen LogP contribution in [-0.2, 0) is 43.1 Å². The van der Waals surface area contributed by atoms with Gasteiger partial charge in [0, 0.05) is 91.5 Å². The molecular formula is C75H100BrF3N10O7. The maximum Gasteiger partial charge on any atom is 0.411 e. The second-order valence-corrected chi connectivity index (χ2v) is 31.7. The standard InChI is InChI=1S/C29H41FN4O3.C24H33FN4O.C22H26BrFN2O3/c1-29(2,3)37-28(36)34-23-11-9-21(15-23)27(34)26(35)14-19(17-31)13-20-8-10-22(16-25(20)30)33-12-6-7-24(18-33)32(4)5;1-28(2)21-4-3-9-29(15-21)20-8-6-17(22(25)13-20)10-16(14-26)11-23(30)24-18-5-7-19(12-18)27-24;1-22(2,3)29-21(28)26-17-7-5-15(10-17)20(26)19(27)9-13(12-25)8-14-4-6-16(23)11-18(14)24/h8,10,16,19,21,23-24,27H,6-7,9,11-15,18H2,1-5H3;6,8,13,16,18-19,21,24,27H,3-5,7,9-12,15H2,1-2H3;4,6,11,13,15,17,20H,5,7-10H2,1-3H3/t19-,21+,23-,24?,27+;16-,18+,19-,21?,24+;13-,15+,17-,20+/m111/s1. The summed E-state index contributed by atoms with van der Waals surface area (Å²) in [6.45, 7) is 14.4. The number of piperidine rings is 5. The number of nitriles is 3. The molecule has 8 fully saturated rings. The summed E-state index contributed by atoms with van der Waals surface area (Å²) in [5.41, 5.74) is 1.85. The van der Waals surface area contributed by atoms with Crippen molar-refractivity contribution in [3.8, 4) is 18.2 Å². The Balaban J connectivity index is 0.000000171. The first-order chi connectivity index (χ1) is 45.5. The van der Waals surface area contributed by atoms with E-state index < -0.39 is 59.0 Å². The van der Waals surface area contributed by atoms with Gasteiger partial charge in [0.25, 0.3) is 0 Å². The third-order valence-electron chi connectivity index (χ3n) is 21.1. The van der Waals surface area contributed by atoms with Gasteiger partial charge >= 0.3 is 12.2 Å². The minimum absolute atomic E-state index is 0.000805. The molecule has 21 heteroatoms. The number of carbonyl (C=O) groups excluding carboxylic acids is 5. The second-order valence-electron chi connectivity index (χ2n) is 30.8. The van der Waals surface area contributed by atoms with Crippen LogP contribution in [0, 0.1) is 87.0 Å². The topological polar surface area (TPSA) is 207 Å². The van der Waals surface area contributed by atoms with Gasteiger partial charge in [0.05, 0.1) is 54.1 Å². The summed E-state index contributed by atoms with van der Waals surface area (Å²) >= 11 is 3.22. The summed E-state index contributed by atoms with van der Waals surface area (Å²) in [4.78, 5) is 77.0.